The van der Waals surface area contributed by atoms with E-state index in [0.29, 0.717) is 12.1 Å². The van der Waals surface area contributed by atoms with Gasteiger partial charge in [-0.1, -0.05) is 29.3 Å². The number of carbonyl (C=O) groups excluding carboxylic acids is 1. The van der Waals surface area contributed by atoms with E-state index in [9.17, 15) is 4.79 Å². The van der Waals surface area contributed by atoms with Crippen molar-refractivity contribution in [3.63, 3.8) is 0 Å². The quantitative estimate of drug-likeness (QED) is 0.519. The molecule has 1 amide bonds. The minimum Gasteiger partial charge on any atom is -0.277 e. The first-order chi connectivity index (χ1) is 7.15. The van der Waals surface area contributed by atoms with Crippen LogP contribution in [-0.2, 0) is 0 Å². The molecule has 3 nitrogen and oxygen atoms in total. The van der Waals surface area contributed by atoms with E-state index in [4.69, 9.17) is 5.84 Å². The molecular weight excluding hydrogens is 256 g/mol. The molecule has 4 heteroatoms. The third kappa shape index (κ3) is 3.64. The number of hydrogen-bond acceptors (Lipinski definition) is 2. The lowest BCUT2D eigenvalue weighted by Crippen LogP contribution is -2.38. The highest BCUT2D eigenvalue weighted by atomic mass is 79.9. The second-order valence-electron chi connectivity index (χ2n) is 3.36. The van der Waals surface area contributed by atoms with Gasteiger partial charge in [0, 0.05) is 16.6 Å². The molecule has 0 unspecified atom stereocenters. The lowest BCUT2D eigenvalue weighted by atomic mass is 10.2. The molecular formula is C11H15BrN2O. The van der Waals surface area contributed by atoms with Gasteiger partial charge in [-0.15, -0.1) is 0 Å². The number of nitrogens with zero attached hydrogens (tertiary/aromatic N) is 1. The summed E-state index contributed by atoms with van der Waals surface area (Å²) in [5.74, 6) is 5.52. The lowest BCUT2D eigenvalue weighted by Gasteiger charge is -2.15. The van der Waals surface area contributed by atoms with Gasteiger partial charge >= 0.3 is 0 Å². The van der Waals surface area contributed by atoms with E-state index < -0.39 is 0 Å². The summed E-state index contributed by atoms with van der Waals surface area (Å²) in [6, 6.07) is 7.19. The molecule has 0 radical (unpaired) electrons. The smallest absolute Gasteiger partial charge is 0.267 e. The molecule has 0 fully saturated rings. The normalized spacial score (nSPS) is 10.1. The first-order valence-corrected chi connectivity index (χ1v) is 5.76. The van der Waals surface area contributed by atoms with Gasteiger partial charge in [0.05, 0.1) is 0 Å². The standard InChI is InChI=1S/C11H15BrN2O/c1-2-3-8-14(13)11(15)9-4-6-10(12)7-5-9/h4-7H,2-3,8,13H2,1H3. The summed E-state index contributed by atoms with van der Waals surface area (Å²) in [5, 5.41) is 1.27. The Morgan fingerprint density at radius 1 is 1.40 bits per heavy atom. The summed E-state index contributed by atoms with van der Waals surface area (Å²) in [6.07, 6.45) is 1.96. The van der Waals surface area contributed by atoms with Crippen molar-refractivity contribution in [2.45, 2.75) is 19.8 Å². The molecule has 0 aliphatic rings. The third-order valence-corrected chi connectivity index (χ3v) is 2.63. The Morgan fingerprint density at radius 2 is 2.00 bits per heavy atom. The minimum atomic E-state index is -0.129. The Bertz CT molecular complexity index is 324. The van der Waals surface area contributed by atoms with Crippen molar-refractivity contribution in [3.05, 3.63) is 34.3 Å². The van der Waals surface area contributed by atoms with E-state index >= 15 is 0 Å². The monoisotopic (exact) mass is 270 g/mol. The highest BCUT2D eigenvalue weighted by Crippen LogP contribution is 2.11. The van der Waals surface area contributed by atoms with E-state index in [1.54, 1.807) is 12.1 Å². The van der Waals surface area contributed by atoms with Gasteiger partial charge in [-0.05, 0) is 30.7 Å². The maximum absolute atomic E-state index is 11.7. The number of carbonyl (C=O) groups is 1. The zero-order valence-corrected chi connectivity index (χ0v) is 10.3. The first kappa shape index (κ1) is 12.2. The number of nitrogens with two attached hydrogens (primary N) is 1. The van der Waals surface area contributed by atoms with Crippen LogP contribution in [0.2, 0.25) is 0 Å². The Morgan fingerprint density at radius 3 is 2.53 bits per heavy atom. The summed E-state index contributed by atoms with van der Waals surface area (Å²) >= 11 is 3.32. The maximum Gasteiger partial charge on any atom is 0.267 e. The topological polar surface area (TPSA) is 46.3 Å². The summed E-state index contributed by atoms with van der Waals surface area (Å²) < 4.78 is 0.955. The fourth-order valence-electron chi connectivity index (χ4n) is 1.19. The van der Waals surface area contributed by atoms with Gasteiger partial charge in [0.2, 0.25) is 0 Å². The van der Waals surface area contributed by atoms with Crippen molar-refractivity contribution in [2.75, 3.05) is 6.54 Å². The second-order valence-corrected chi connectivity index (χ2v) is 4.27. The van der Waals surface area contributed by atoms with Crippen LogP contribution in [0.5, 0.6) is 0 Å². The van der Waals surface area contributed by atoms with Crippen LogP contribution in [0.4, 0.5) is 0 Å². The van der Waals surface area contributed by atoms with Crippen molar-refractivity contribution < 1.29 is 4.79 Å². The zero-order chi connectivity index (χ0) is 11.3. The van der Waals surface area contributed by atoms with Gasteiger partial charge in [0.15, 0.2) is 0 Å². The number of rotatable bonds is 4. The molecule has 0 heterocycles. The van der Waals surface area contributed by atoms with Crippen LogP contribution in [0.1, 0.15) is 30.1 Å². The zero-order valence-electron chi connectivity index (χ0n) is 8.74. The maximum atomic E-state index is 11.7. The van der Waals surface area contributed by atoms with Gasteiger partial charge < -0.3 is 0 Å². The van der Waals surface area contributed by atoms with Crippen molar-refractivity contribution >= 4 is 21.8 Å². The van der Waals surface area contributed by atoms with Gasteiger partial charge in [0.25, 0.3) is 5.91 Å². The van der Waals surface area contributed by atoms with Crippen LogP contribution >= 0.6 is 15.9 Å². The van der Waals surface area contributed by atoms with E-state index in [0.717, 1.165) is 17.3 Å². The predicted molar refractivity (Wildman–Crippen MR) is 64.3 cm³/mol. The molecule has 0 aliphatic heterocycles. The number of hydrazine groups is 1. The highest BCUT2D eigenvalue weighted by molar-refractivity contribution is 9.10. The van der Waals surface area contributed by atoms with Gasteiger partial charge in [-0.25, -0.2) is 5.84 Å². The van der Waals surface area contributed by atoms with E-state index in [1.807, 2.05) is 12.1 Å². The number of amides is 1. The van der Waals surface area contributed by atoms with Gasteiger partial charge in [-0.3, -0.25) is 9.80 Å². The largest absolute Gasteiger partial charge is 0.277 e. The number of unbranched alkanes of at least 4 members (excludes halogenated alkanes) is 1. The second kappa shape index (κ2) is 5.88. The predicted octanol–water partition coefficient (Wildman–Crippen LogP) is 2.57. The lowest BCUT2D eigenvalue weighted by molar-refractivity contribution is 0.0753. The van der Waals surface area contributed by atoms with Crippen LogP contribution in [0.25, 0.3) is 0 Å². The molecule has 0 atom stereocenters. The van der Waals surface area contributed by atoms with Crippen molar-refractivity contribution in [1.29, 1.82) is 0 Å². The molecule has 0 aliphatic carbocycles. The van der Waals surface area contributed by atoms with Crippen LogP contribution in [0.15, 0.2) is 28.7 Å². The summed E-state index contributed by atoms with van der Waals surface area (Å²) in [5.41, 5.74) is 0.622. The fourth-order valence-corrected chi connectivity index (χ4v) is 1.45. The molecule has 0 aromatic heterocycles. The molecule has 15 heavy (non-hydrogen) atoms. The minimum absolute atomic E-state index is 0.129. The Kier molecular flexibility index (Phi) is 4.78. The van der Waals surface area contributed by atoms with Gasteiger partial charge in [0.1, 0.15) is 0 Å². The molecule has 2 N–H and O–H groups in total. The van der Waals surface area contributed by atoms with E-state index in [1.165, 1.54) is 5.01 Å². The summed E-state index contributed by atoms with van der Waals surface area (Å²) in [6.45, 7) is 2.67. The molecule has 82 valence electrons. The molecule has 0 saturated carbocycles. The Labute approximate surface area is 98.4 Å². The third-order valence-electron chi connectivity index (χ3n) is 2.10. The van der Waals surface area contributed by atoms with Crippen LogP contribution in [0.3, 0.4) is 0 Å². The van der Waals surface area contributed by atoms with Crippen LogP contribution in [0, 0.1) is 0 Å². The molecule has 1 aromatic rings. The van der Waals surface area contributed by atoms with E-state index in [2.05, 4.69) is 22.9 Å². The Hall–Kier alpha value is -0.870. The number of benzene rings is 1. The Balaban J connectivity index is 2.63. The average Bonchev–Trinajstić information content (AvgIpc) is 2.26. The molecule has 1 aromatic carbocycles. The van der Waals surface area contributed by atoms with Crippen molar-refractivity contribution in [2.24, 2.45) is 5.84 Å². The molecule has 0 bridgehead atoms. The molecule has 1 rings (SSSR count). The molecule has 0 saturated heterocycles. The summed E-state index contributed by atoms with van der Waals surface area (Å²) in [7, 11) is 0. The van der Waals surface area contributed by atoms with Crippen LogP contribution < -0.4 is 5.84 Å². The summed E-state index contributed by atoms with van der Waals surface area (Å²) in [4.78, 5) is 11.7. The van der Waals surface area contributed by atoms with Crippen molar-refractivity contribution in [3.8, 4) is 0 Å². The fraction of sp³-hybridized carbons (Fsp3) is 0.364. The van der Waals surface area contributed by atoms with Gasteiger partial charge in [-0.2, -0.15) is 0 Å². The number of hydrogen-bond donors (Lipinski definition) is 1. The van der Waals surface area contributed by atoms with Crippen LogP contribution in [-0.4, -0.2) is 17.5 Å². The highest BCUT2D eigenvalue weighted by Gasteiger charge is 2.10. The molecule has 0 spiro atoms. The SMILES string of the molecule is CCCCN(N)C(=O)c1ccc(Br)cc1. The van der Waals surface area contributed by atoms with E-state index in [-0.39, 0.29) is 5.91 Å². The first-order valence-electron chi connectivity index (χ1n) is 4.97. The van der Waals surface area contributed by atoms with Crippen molar-refractivity contribution in [1.82, 2.24) is 5.01 Å². The number of halogens is 1. The average molecular weight is 271 g/mol.